The van der Waals surface area contributed by atoms with Crippen LogP contribution in [0.4, 0.5) is 4.39 Å². The van der Waals surface area contributed by atoms with Crippen molar-refractivity contribution in [3.05, 3.63) is 53.2 Å². The Bertz CT molecular complexity index is 669. The van der Waals surface area contributed by atoms with Gasteiger partial charge in [-0.2, -0.15) is 0 Å². The van der Waals surface area contributed by atoms with Crippen molar-refractivity contribution in [2.45, 2.75) is 19.9 Å². The maximum Gasteiger partial charge on any atom is 0.253 e. The molecule has 1 aromatic carbocycles. The number of aromatic nitrogens is 1. The standard InChI is InChI=1S/C17H20FN3O2/c1-13-11-16(19-23-13)12-20-7-2-8-21(10-9-20)17(22)14-3-5-15(18)6-4-14/h3-6,11H,2,7-10,12H2,1H3. The van der Waals surface area contributed by atoms with Crippen molar-refractivity contribution in [1.29, 1.82) is 0 Å². The lowest BCUT2D eigenvalue weighted by atomic mass is 10.2. The number of amides is 1. The van der Waals surface area contributed by atoms with Gasteiger partial charge in [-0.25, -0.2) is 4.39 Å². The van der Waals surface area contributed by atoms with Crippen molar-refractivity contribution in [3.8, 4) is 0 Å². The Morgan fingerprint density at radius 2 is 2.00 bits per heavy atom. The minimum Gasteiger partial charge on any atom is -0.361 e. The van der Waals surface area contributed by atoms with E-state index in [0.29, 0.717) is 18.7 Å². The first-order valence-corrected chi connectivity index (χ1v) is 7.81. The molecule has 1 fully saturated rings. The molecule has 5 nitrogen and oxygen atoms in total. The van der Waals surface area contributed by atoms with Gasteiger partial charge in [0.2, 0.25) is 0 Å². The summed E-state index contributed by atoms with van der Waals surface area (Å²) in [5.41, 5.74) is 1.45. The Hall–Kier alpha value is -2.21. The Labute approximate surface area is 134 Å². The predicted octanol–water partition coefficient (Wildman–Crippen LogP) is 2.47. The summed E-state index contributed by atoms with van der Waals surface area (Å²) in [6.45, 7) is 5.69. The molecule has 23 heavy (non-hydrogen) atoms. The zero-order valence-corrected chi connectivity index (χ0v) is 13.2. The zero-order valence-electron chi connectivity index (χ0n) is 13.2. The Morgan fingerprint density at radius 3 is 2.70 bits per heavy atom. The summed E-state index contributed by atoms with van der Waals surface area (Å²) in [5, 5.41) is 4.02. The molecule has 0 atom stereocenters. The third-order valence-corrected chi connectivity index (χ3v) is 4.03. The molecule has 0 bridgehead atoms. The van der Waals surface area contributed by atoms with Crippen molar-refractivity contribution in [2.75, 3.05) is 26.2 Å². The van der Waals surface area contributed by atoms with Crippen LogP contribution in [-0.2, 0) is 6.54 Å². The van der Waals surface area contributed by atoms with E-state index in [1.54, 1.807) is 12.1 Å². The smallest absolute Gasteiger partial charge is 0.253 e. The highest BCUT2D eigenvalue weighted by Gasteiger charge is 2.21. The Kier molecular flexibility index (Phi) is 4.71. The predicted molar refractivity (Wildman–Crippen MR) is 83.4 cm³/mol. The number of benzene rings is 1. The van der Waals surface area contributed by atoms with Crippen LogP contribution in [0.2, 0.25) is 0 Å². The molecule has 0 aliphatic carbocycles. The first kappa shape index (κ1) is 15.7. The highest BCUT2D eigenvalue weighted by Crippen LogP contribution is 2.12. The van der Waals surface area contributed by atoms with Gasteiger partial charge in [0, 0.05) is 44.4 Å². The molecule has 2 heterocycles. The van der Waals surface area contributed by atoms with E-state index >= 15 is 0 Å². The lowest BCUT2D eigenvalue weighted by molar-refractivity contribution is 0.0761. The molecular weight excluding hydrogens is 297 g/mol. The fourth-order valence-electron chi connectivity index (χ4n) is 2.83. The fourth-order valence-corrected chi connectivity index (χ4v) is 2.83. The molecule has 0 unspecified atom stereocenters. The van der Waals surface area contributed by atoms with E-state index in [2.05, 4.69) is 10.1 Å². The van der Waals surface area contributed by atoms with Crippen LogP contribution in [0, 0.1) is 12.7 Å². The lowest BCUT2D eigenvalue weighted by Crippen LogP contribution is -2.35. The number of rotatable bonds is 3. The van der Waals surface area contributed by atoms with Crippen LogP contribution in [0.25, 0.3) is 0 Å². The number of carbonyl (C=O) groups excluding carboxylic acids is 1. The van der Waals surface area contributed by atoms with Crippen LogP contribution in [-0.4, -0.2) is 47.0 Å². The highest BCUT2D eigenvalue weighted by molar-refractivity contribution is 5.94. The number of hydrogen-bond acceptors (Lipinski definition) is 4. The van der Waals surface area contributed by atoms with Crippen molar-refractivity contribution in [2.24, 2.45) is 0 Å². The molecule has 0 N–H and O–H groups in total. The first-order valence-electron chi connectivity index (χ1n) is 7.81. The van der Waals surface area contributed by atoms with E-state index < -0.39 is 0 Å². The van der Waals surface area contributed by atoms with Gasteiger partial charge >= 0.3 is 0 Å². The van der Waals surface area contributed by atoms with Crippen molar-refractivity contribution in [1.82, 2.24) is 15.0 Å². The summed E-state index contributed by atoms with van der Waals surface area (Å²) >= 11 is 0. The number of nitrogens with zero attached hydrogens (tertiary/aromatic N) is 3. The molecule has 0 radical (unpaired) electrons. The van der Waals surface area contributed by atoms with Crippen LogP contribution in [0.15, 0.2) is 34.9 Å². The fraction of sp³-hybridized carbons (Fsp3) is 0.412. The molecule has 1 aliphatic heterocycles. The average Bonchev–Trinajstić information content (AvgIpc) is 2.81. The van der Waals surface area contributed by atoms with Crippen LogP contribution < -0.4 is 0 Å². The van der Waals surface area contributed by atoms with Gasteiger partial charge in [0.1, 0.15) is 11.6 Å². The minimum atomic E-state index is -0.327. The van der Waals surface area contributed by atoms with Crippen LogP contribution in [0.1, 0.15) is 28.2 Å². The molecule has 2 aromatic rings. The highest BCUT2D eigenvalue weighted by atomic mass is 19.1. The number of hydrogen-bond donors (Lipinski definition) is 0. The summed E-state index contributed by atoms with van der Waals surface area (Å²) in [6.07, 6.45) is 0.907. The average molecular weight is 317 g/mol. The SMILES string of the molecule is Cc1cc(CN2CCCN(C(=O)c3ccc(F)cc3)CC2)no1. The summed E-state index contributed by atoms with van der Waals surface area (Å²) in [5.74, 6) is 0.443. The topological polar surface area (TPSA) is 49.6 Å². The van der Waals surface area contributed by atoms with Gasteiger partial charge in [0.25, 0.3) is 5.91 Å². The summed E-state index contributed by atoms with van der Waals surface area (Å²) in [4.78, 5) is 16.6. The monoisotopic (exact) mass is 317 g/mol. The van der Waals surface area contributed by atoms with Gasteiger partial charge in [0.15, 0.2) is 0 Å². The normalized spacial score (nSPS) is 16.3. The number of carbonyl (C=O) groups is 1. The van der Waals surface area contributed by atoms with Gasteiger partial charge in [-0.15, -0.1) is 0 Å². The maximum absolute atomic E-state index is 13.0. The second-order valence-corrected chi connectivity index (χ2v) is 5.86. The van der Waals surface area contributed by atoms with Crippen molar-refractivity contribution in [3.63, 3.8) is 0 Å². The second kappa shape index (κ2) is 6.91. The molecule has 3 rings (SSSR count). The molecule has 122 valence electrons. The van der Waals surface area contributed by atoms with E-state index in [1.807, 2.05) is 17.9 Å². The molecule has 1 saturated heterocycles. The summed E-state index contributed by atoms with van der Waals surface area (Å²) < 4.78 is 18.1. The van der Waals surface area contributed by atoms with Crippen LogP contribution in [0.3, 0.4) is 0 Å². The van der Waals surface area contributed by atoms with E-state index in [4.69, 9.17) is 4.52 Å². The molecule has 0 saturated carbocycles. The largest absolute Gasteiger partial charge is 0.361 e. The van der Waals surface area contributed by atoms with E-state index in [-0.39, 0.29) is 11.7 Å². The lowest BCUT2D eigenvalue weighted by Gasteiger charge is -2.21. The molecule has 6 heteroatoms. The van der Waals surface area contributed by atoms with Crippen LogP contribution in [0.5, 0.6) is 0 Å². The maximum atomic E-state index is 13.0. The van der Waals surface area contributed by atoms with Crippen LogP contribution >= 0.6 is 0 Å². The third kappa shape index (κ3) is 3.96. The number of halogens is 1. The minimum absolute atomic E-state index is 0.0378. The zero-order chi connectivity index (χ0) is 16.2. The Balaban J connectivity index is 1.59. The summed E-state index contributed by atoms with van der Waals surface area (Å²) in [6, 6.07) is 7.66. The first-order chi connectivity index (χ1) is 11.1. The molecule has 1 aromatic heterocycles. The Morgan fingerprint density at radius 1 is 1.22 bits per heavy atom. The molecule has 1 amide bonds. The van der Waals surface area contributed by atoms with Gasteiger partial charge in [-0.3, -0.25) is 9.69 Å². The van der Waals surface area contributed by atoms with Gasteiger partial charge in [0.05, 0.1) is 5.69 Å². The van der Waals surface area contributed by atoms with Gasteiger partial charge in [-0.05, 0) is 37.6 Å². The van der Waals surface area contributed by atoms with Crippen molar-refractivity contribution >= 4 is 5.91 Å². The van der Waals surface area contributed by atoms with E-state index in [0.717, 1.165) is 37.5 Å². The molecular formula is C17H20FN3O2. The second-order valence-electron chi connectivity index (χ2n) is 5.86. The quantitative estimate of drug-likeness (QED) is 0.872. The summed E-state index contributed by atoms with van der Waals surface area (Å²) in [7, 11) is 0. The van der Waals surface area contributed by atoms with E-state index in [9.17, 15) is 9.18 Å². The van der Waals surface area contributed by atoms with Gasteiger partial charge < -0.3 is 9.42 Å². The molecule has 0 spiro atoms. The van der Waals surface area contributed by atoms with Gasteiger partial charge in [-0.1, -0.05) is 5.16 Å². The molecule has 1 aliphatic rings. The van der Waals surface area contributed by atoms with Crippen molar-refractivity contribution < 1.29 is 13.7 Å². The number of aryl methyl sites for hydroxylation is 1. The van der Waals surface area contributed by atoms with E-state index in [1.165, 1.54) is 12.1 Å². The third-order valence-electron chi connectivity index (χ3n) is 4.03.